The monoisotopic (exact) mass is 220 g/mol. The molecule has 0 radical (unpaired) electrons. The molecule has 16 heavy (non-hydrogen) atoms. The Labute approximate surface area is 96.8 Å². The third-order valence-corrected chi connectivity index (χ3v) is 3.69. The van der Waals surface area contributed by atoms with Crippen LogP contribution in [0.15, 0.2) is 6.20 Å². The van der Waals surface area contributed by atoms with E-state index in [0.29, 0.717) is 17.8 Å². The number of fused-ring (bicyclic) bond motifs is 1. The first-order valence-electron chi connectivity index (χ1n) is 6.11. The van der Waals surface area contributed by atoms with Crippen molar-refractivity contribution < 1.29 is 4.79 Å². The number of hydrogen-bond donors (Lipinski definition) is 0. The summed E-state index contributed by atoms with van der Waals surface area (Å²) < 4.78 is 1.50. The van der Waals surface area contributed by atoms with Gasteiger partial charge in [-0.25, -0.2) is 4.68 Å². The van der Waals surface area contributed by atoms with Crippen molar-refractivity contribution >= 4 is 5.91 Å². The van der Waals surface area contributed by atoms with Crippen LogP contribution in [0.1, 0.15) is 68.4 Å². The average molecular weight is 220 g/mol. The lowest BCUT2D eigenvalue weighted by Gasteiger charge is -2.27. The van der Waals surface area contributed by atoms with Crippen LogP contribution < -0.4 is 0 Å². The Bertz CT molecular complexity index is 406. The lowest BCUT2D eigenvalue weighted by molar-refractivity contribution is 0.0920. The zero-order chi connectivity index (χ0) is 11.9. The van der Waals surface area contributed by atoms with Crippen LogP contribution in [-0.4, -0.2) is 15.7 Å². The highest BCUT2D eigenvalue weighted by Crippen LogP contribution is 2.41. The smallest absolute Gasteiger partial charge is 0.243 e. The van der Waals surface area contributed by atoms with Crippen LogP contribution in [0.5, 0.6) is 0 Å². The van der Waals surface area contributed by atoms with E-state index in [1.54, 1.807) is 6.92 Å². The second-order valence-electron chi connectivity index (χ2n) is 5.26. The standard InChI is InChI=1S/C13H20N2O/c1-8(2)11-6-5-9(3)12-7-15(10(4)16)14-13(11)12/h7-9,11H,5-6H2,1-4H3/t9-,11+/m1/s1. The Morgan fingerprint density at radius 2 is 2.19 bits per heavy atom. The zero-order valence-corrected chi connectivity index (χ0v) is 10.5. The third kappa shape index (κ3) is 1.79. The summed E-state index contributed by atoms with van der Waals surface area (Å²) in [6.45, 7) is 8.25. The summed E-state index contributed by atoms with van der Waals surface area (Å²) in [6.07, 6.45) is 4.33. The van der Waals surface area contributed by atoms with Crippen molar-refractivity contribution in [1.82, 2.24) is 9.78 Å². The van der Waals surface area contributed by atoms with Gasteiger partial charge in [0.25, 0.3) is 0 Å². The van der Waals surface area contributed by atoms with Gasteiger partial charge < -0.3 is 0 Å². The minimum Gasteiger partial charge on any atom is -0.273 e. The van der Waals surface area contributed by atoms with Gasteiger partial charge in [-0.1, -0.05) is 20.8 Å². The molecular formula is C13H20N2O. The van der Waals surface area contributed by atoms with E-state index in [4.69, 9.17) is 0 Å². The molecule has 1 aliphatic carbocycles. The molecule has 0 spiro atoms. The molecule has 1 aliphatic rings. The fourth-order valence-electron chi connectivity index (χ4n) is 2.60. The molecule has 0 fully saturated rings. The first kappa shape index (κ1) is 11.4. The zero-order valence-electron chi connectivity index (χ0n) is 10.5. The molecule has 2 atom stereocenters. The van der Waals surface area contributed by atoms with Gasteiger partial charge in [0.1, 0.15) is 0 Å². The van der Waals surface area contributed by atoms with E-state index in [1.807, 2.05) is 6.20 Å². The van der Waals surface area contributed by atoms with Gasteiger partial charge in [0.2, 0.25) is 5.91 Å². The largest absolute Gasteiger partial charge is 0.273 e. The Hall–Kier alpha value is -1.12. The van der Waals surface area contributed by atoms with Crippen LogP contribution in [0.2, 0.25) is 0 Å². The molecule has 0 amide bonds. The average Bonchev–Trinajstić information content (AvgIpc) is 2.62. The third-order valence-electron chi connectivity index (χ3n) is 3.69. The normalized spacial score (nSPS) is 24.6. The molecule has 0 aliphatic heterocycles. The second-order valence-corrected chi connectivity index (χ2v) is 5.26. The van der Waals surface area contributed by atoms with Crippen LogP contribution in [0.4, 0.5) is 0 Å². The van der Waals surface area contributed by atoms with Crippen molar-refractivity contribution in [3.63, 3.8) is 0 Å². The maximum Gasteiger partial charge on any atom is 0.243 e. The fourth-order valence-corrected chi connectivity index (χ4v) is 2.60. The van der Waals surface area contributed by atoms with Gasteiger partial charge in [-0.05, 0) is 30.2 Å². The van der Waals surface area contributed by atoms with Gasteiger partial charge in [0.05, 0.1) is 5.69 Å². The van der Waals surface area contributed by atoms with Gasteiger partial charge in [-0.3, -0.25) is 4.79 Å². The molecule has 0 N–H and O–H groups in total. The van der Waals surface area contributed by atoms with Crippen molar-refractivity contribution in [3.8, 4) is 0 Å². The van der Waals surface area contributed by atoms with E-state index >= 15 is 0 Å². The van der Waals surface area contributed by atoms with Gasteiger partial charge in [-0.2, -0.15) is 5.10 Å². The quantitative estimate of drug-likeness (QED) is 0.728. The Morgan fingerprint density at radius 1 is 1.50 bits per heavy atom. The van der Waals surface area contributed by atoms with Crippen molar-refractivity contribution in [1.29, 1.82) is 0 Å². The summed E-state index contributed by atoms with van der Waals surface area (Å²) in [5.41, 5.74) is 2.43. The van der Waals surface area contributed by atoms with E-state index in [1.165, 1.54) is 23.1 Å². The molecule has 0 saturated carbocycles. The summed E-state index contributed by atoms with van der Waals surface area (Å²) >= 11 is 0. The van der Waals surface area contributed by atoms with Crippen molar-refractivity contribution in [2.24, 2.45) is 5.92 Å². The number of nitrogens with zero attached hydrogens (tertiary/aromatic N) is 2. The molecule has 3 heteroatoms. The van der Waals surface area contributed by atoms with Crippen molar-refractivity contribution in [2.45, 2.75) is 52.4 Å². The number of carbonyl (C=O) groups is 1. The Morgan fingerprint density at radius 3 is 2.75 bits per heavy atom. The molecule has 1 aromatic rings. The summed E-state index contributed by atoms with van der Waals surface area (Å²) in [6, 6.07) is 0. The lowest BCUT2D eigenvalue weighted by atomic mass is 9.77. The van der Waals surface area contributed by atoms with E-state index in [2.05, 4.69) is 25.9 Å². The van der Waals surface area contributed by atoms with Crippen LogP contribution in [0, 0.1) is 5.92 Å². The van der Waals surface area contributed by atoms with Crippen LogP contribution >= 0.6 is 0 Å². The SMILES string of the molecule is CC(=O)n1cc2c(n1)[C@H](C(C)C)CC[C@H]2C. The second kappa shape index (κ2) is 4.04. The molecular weight excluding hydrogens is 200 g/mol. The molecule has 2 rings (SSSR count). The highest BCUT2D eigenvalue weighted by atomic mass is 16.2. The summed E-state index contributed by atoms with van der Waals surface area (Å²) in [7, 11) is 0. The highest BCUT2D eigenvalue weighted by Gasteiger charge is 2.30. The van der Waals surface area contributed by atoms with E-state index in [0.717, 1.165) is 5.69 Å². The van der Waals surface area contributed by atoms with E-state index < -0.39 is 0 Å². The van der Waals surface area contributed by atoms with Crippen LogP contribution in [0.25, 0.3) is 0 Å². The highest BCUT2D eigenvalue weighted by molar-refractivity contribution is 5.75. The summed E-state index contributed by atoms with van der Waals surface area (Å²) in [4.78, 5) is 11.3. The number of aromatic nitrogens is 2. The molecule has 0 unspecified atom stereocenters. The predicted octanol–water partition coefficient (Wildman–Crippen LogP) is 3.18. The van der Waals surface area contributed by atoms with E-state index in [-0.39, 0.29) is 5.91 Å². The molecule has 1 aromatic heterocycles. The van der Waals surface area contributed by atoms with Crippen LogP contribution in [-0.2, 0) is 0 Å². The molecule has 3 nitrogen and oxygen atoms in total. The molecule has 0 saturated heterocycles. The first-order chi connectivity index (χ1) is 7.50. The number of rotatable bonds is 1. The number of carbonyl (C=O) groups excluding carboxylic acids is 1. The first-order valence-corrected chi connectivity index (χ1v) is 6.11. The molecule has 88 valence electrons. The van der Waals surface area contributed by atoms with Gasteiger partial charge in [0, 0.05) is 19.0 Å². The fraction of sp³-hybridized carbons (Fsp3) is 0.692. The van der Waals surface area contributed by atoms with Crippen molar-refractivity contribution in [3.05, 3.63) is 17.5 Å². The maximum atomic E-state index is 11.3. The predicted molar refractivity (Wildman–Crippen MR) is 63.8 cm³/mol. The molecule has 1 heterocycles. The van der Waals surface area contributed by atoms with Crippen molar-refractivity contribution in [2.75, 3.05) is 0 Å². The number of hydrogen-bond acceptors (Lipinski definition) is 2. The topological polar surface area (TPSA) is 34.9 Å². The summed E-state index contributed by atoms with van der Waals surface area (Å²) in [5.74, 6) is 1.66. The van der Waals surface area contributed by atoms with E-state index in [9.17, 15) is 4.79 Å². The molecule has 0 bridgehead atoms. The minimum absolute atomic E-state index is 0.00380. The lowest BCUT2D eigenvalue weighted by Crippen LogP contribution is -2.16. The Balaban J connectivity index is 2.44. The molecule has 0 aromatic carbocycles. The van der Waals surface area contributed by atoms with Crippen LogP contribution in [0.3, 0.4) is 0 Å². The Kier molecular flexibility index (Phi) is 2.87. The van der Waals surface area contributed by atoms with Gasteiger partial charge >= 0.3 is 0 Å². The van der Waals surface area contributed by atoms with Gasteiger partial charge in [0.15, 0.2) is 0 Å². The summed E-state index contributed by atoms with van der Waals surface area (Å²) in [5, 5.41) is 4.47. The minimum atomic E-state index is 0.00380. The van der Waals surface area contributed by atoms with Gasteiger partial charge in [-0.15, -0.1) is 0 Å². The maximum absolute atomic E-state index is 11.3.